The van der Waals surface area contributed by atoms with Crippen LogP contribution >= 0.6 is 0 Å². The van der Waals surface area contributed by atoms with Gasteiger partial charge in [-0.3, -0.25) is 4.68 Å². The summed E-state index contributed by atoms with van der Waals surface area (Å²) in [4.78, 5) is 0. The summed E-state index contributed by atoms with van der Waals surface area (Å²) in [5.74, 6) is 0.534. The number of hydrogen-bond donors (Lipinski definition) is 1. The lowest BCUT2D eigenvalue weighted by Gasteiger charge is -2.16. The zero-order valence-corrected chi connectivity index (χ0v) is 12.2. The lowest BCUT2D eigenvalue weighted by atomic mass is 10.1. The third-order valence-corrected chi connectivity index (χ3v) is 3.17. The van der Waals surface area contributed by atoms with E-state index in [1.165, 1.54) is 0 Å². The van der Waals surface area contributed by atoms with Gasteiger partial charge in [-0.25, -0.2) is 0 Å². The van der Waals surface area contributed by atoms with E-state index in [2.05, 4.69) is 26.7 Å². The van der Waals surface area contributed by atoms with Crippen LogP contribution in [0.5, 0.6) is 0 Å². The zero-order valence-electron chi connectivity index (χ0n) is 12.2. The lowest BCUT2D eigenvalue weighted by molar-refractivity contribution is 0.558. The van der Waals surface area contributed by atoms with Gasteiger partial charge in [0, 0.05) is 12.2 Å². The maximum absolute atomic E-state index is 9.25. The lowest BCUT2D eigenvalue weighted by Crippen LogP contribution is -2.24. The average molecular weight is 270 g/mol. The Labute approximate surface area is 118 Å². The van der Waals surface area contributed by atoms with Crippen LogP contribution in [0.25, 0.3) is 0 Å². The van der Waals surface area contributed by atoms with Crippen LogP contribution in [0.1, 0.15) is 29.3 Å². The van der Waals surface area contributed by atoms with Crippen molar-refractivity contribution in [2.45, 2.75) is 40.3 Å². The molecule has 0 radical (unpaired) electrons. The fraction of sp³-hybridized carbons (Fsp3) is 0.429. The molecule has 0 fully saturated rings. The summed E-state index contributed by atoms with van der Waals surface area (Å²) in [7, 11) is 0. The number of anilines is 1. The molecule has 20 heavy (non-hydrogen) atoms. The van der Waals surface area contributed by atoms with E-state index in [1.807, 2.05) is 44.8 Å². The molecule has 104 valence electrons. The summed E-state index contributed by atoms with van der Waals surface area (Å²) in [6.07, 6.45) is 3.80. The highest BCUT2D eigenvalue weighted by Crippen LogP contribution is 2.18. The number of hydrogen-bond acceptors (Lipinski definition) is 5. The number of aromatic nitrogens is 4. The minimum absolute atomic E-state index is 0.0952. The second-order valence-corrected chi connectivity index (χ2v) is 5.03. The van der Waals surface area contributed by atoms with E-state index >= 15 is 0 Å². The largest absolute Gasteiger partial charge is 0.363 e. The molecule has 1 N–H and O–H groups in total. The Balaban J connectivity index is 2.14. The summed E-state index contributed by atoms with van der Waals surface area (Å²) >= 11 is 0. The predicted molar refractivity (Wildman–Crippen MR) is 76.3 cm³/mol. The molecule has 6 heteroatoms. The maximum atomic E-state index is 9.25. The molecule has 2 aromatic rings. The Morgan fingerprint density at radius 2 is 2.10 bits per heavy atom. The zero-order chi connectivity index (χ0) is 14.7. The highest BCUT2D eigenvalue weighted by atomic mass is 15.3. The summed E-state index contributed by atoms with van der Waals surface area (Å²) in [5.41, 5.74) is 3.33. The number of aryl methyl sites for hydroxylation is 2. The van der Waals surface area contributed by atoms with Crippen LogP contribution in [0.4, 0.5) is 5.82 Å². The van der Waals surface area contributed by atoms with Gasteiger partial charge in [-0.1, -0.05) is 0 Å². The summed E-state index contributed by atoms with van der Waals surface area (Å²) in [6, 6.07) is 2.29. The summed E-state index contributed by atoms with van der Waals surface area (Å²) in [6.45, 7) is 8.46. The Morgan fingerprint density at radius 1 is 1.35 bits per heavy atom. The normalized spacial score (nSPS) is 11.9. The van der Waals surface area contributed by atoms with Crippen molar-refractivity contribution in [3.63, 3.8) is 0 Å². The van der Waals surface area contributed by atoms with Gasteiger partial charge in [0.15, 0.2) is 5.82 Å². The van der Waals surface area contributed by atoms with Crippen LogP contribution < -0.4 is 5.32 Å². The van der Waals surface area contributed by atoms with E-state index in [-0.39, 0.29) is 6.04 Å². The molecule has 0 aliphatic heterocycles. The smallest absolute Gasteiger partial charge is 0.167 e. The van der Waals surface area contributed by atoms with Crippen molar-refractivity contribution in [2.24, 2.45) is 0 Å². The molecule has 0 bridgehead atoms. The second-order valence-electron chi connectivity index (χ2n) is 5.03. The number of rotatable bonds is 4. The molecule has 6 nitrogen and oxygen atoms in total. The number of nitrogens with one attached hydrogen (secondary N) is 1. The van der Waals surface area contributed by atoms with Gasteiger partial charge >= 0.3 is 0 Å². The van der Waals surface area contributed by atoms with Crippen molar-refractivity contribution in [1.82, 2.24) is 20.0 Å². The molecule has 0 aliphatic carbocycles. The Hall–Kier alpha value is -2.42. The highest BCUT2D eigenvalue weighted by molar-refractivity contribution is 5.56. The first-order chi connectivity index (χ1) is 9.51. The minimum atomic E-state index is 0.0952. The monoisotopic (exact) mass is 270 g/mol. The molecule has 0 amide bonds. The molecular formula is C14H18N6. The van der Waals surface area contributed by atoms with Crippen LogP contribution in [-0.4, -0.2) is 26.0 Å². The molecule has 0 unspecified atom stereocenters. The van der Waals surface area contributed by atoms with Gasteiger partial charge in [-0.15, -0.1) is 5.10 Å². The number of nitriles is 1. The van der Waals surface area contributed by atoms with Gasteiger partial charge in [-0.05, 0) is 38.8 Å². The molecule has 2 rings (SSSR count). The standard InChI is InChI=1S/C14H18N6/c1-9-6-16-20(7-9)8-10(2)17-14-13(5-15)11(3)12(4)18-19-14/h6-7,10H,8H2,1-4H3,(H,17,19)/t10-/m1/s1. The molecule has 0 saturated heterocycles. The van der Waals surface area contributed by atoms with E-state index < -0.39 is 0 Å². The van der Waals surface area contributed by atoms with E-state index in [9.17, 15) is 5.26 Å². The van der Waals surface area contributed by atoms with E-state index in [1.54, 1.807) is 0 Å². The summed E-state index contributed by atoms with van der Waals surface area (Å²) in [5, 5.41) is 24.9. The van der Waals surface area contributed by atoms with E-state index in [0.717, 1.165) is 16.8 Å². The van der Waals surface area contributed by atoms with Crippen molar-refractivity contribution in [1.29, 1.82) is 5.26 Å². The van der Waals surface area contributed by atoms with Crippen LogP contribution in [0.2, 0.25) is 0 Å². The van der Waals surface area contributed by atoms with Crippen molar-refractivity contribution in [3.8, 4) is 6.07 Å². The third-order valence-electron chi connectivity index (χ3n) is 3.17. The molecule has 0 aliphatic rings. The van der Waals surface area contributed by atoms with Crippen LogP contribution in [0.15, 0.2) is 12.4 Å². The van der Waals surface area contributed by atoms with E-state index in [4.69, 9.17) is 0 Å². The fourth-order valence-corrected chi connectivity index (χ4v) is 1.97. The number of nitrogens with zero attached hydrogens (tertiary/aromatic N) is 5. The SMILES string of the molecule is Cc1cnn(C[C@@H](C)Nc2nnc(C)c(C)c2C#N)c1. The first-order valence-corrected chi connectivity index (χ1v) is 6.51. The van der Waals surface area contributed by atoms with Gasteiger partial charge in [0.05, 0.1) is 18.4 Å². The first kappa shape index (κ1) is 14.0. The molecule has 2 heterocycles. The summed E-state index contributed by atoms with van der Waals surface area (Å²) < 4.78 is 1.87. The van der Waals surface area contributed by atoms with Crippen LogP contribution in [0, 0.1) is 32.1 Å². The Kier molecular flexibility index (Phi) is 3.99. The van der Waals surface area contributed by atoms with Crippen molar-refractivity contribution in [3.05, 3.63) is 34.8 Å². The van der Waals surface area contributed by atoms with Crippen molar-refractivity contribution in [2.75, 3.05) is 5.32 Å². The molecule has 0 spiro atoms. The fourth-order valence-electron chi connectivity index (χ4n) is 1.97. The quantitative estimate of drug-likeness (QED) is 0.918. The van der Waals surface area contributed by atoms with E-state index in [0.29, 0.717) is 17.9 Å². The third kappa shape index (κ3) is 2.94. The second kappa shape index (κ2) is 5.70. The Bertz CT molecular complexity index is 652. The van der Waals surface area contributed by atoms with Gasteiger partial charge in [-0.2, -0.15) is 15.5 Å². The average Bonchev–Trinajstić information content (AvgIpc) is 2.79. The molecule has 0 aromatic carbocycles. The molecule has 1 atom stereocenters. The highest BCUT2D eigenvalue weighted by Gasteiger charge is 2.13. The first-order valence-electron chi connectivity index (χ1n) is 6.51. The topological polar surface area (TPSA) is 79.4 Å². The maximum Gasteiger partial charge on any atom is 0.167 e. The van der Waals surface area contributed by atoms with Gasteiger partial charge < -0.3 is 5.32 Å². The molecular weight excluding hydrogens is 252 g/mol. The molecule has 2 aromatic heterocycles. The van der Waals surface area contributed by atoms with Crippen molar-refractivity contribution < 1.29 is 0 Å². The Morgan fingerprint density at radius 3 is 2.70 bits per heavy atom. The van der Waals surface area contributed by atoms with Gasteiger partial charge in [0.2, 0.25) is 0 Å². The van der Waals surface area contributed by atoms with Gasteiger partial charge in [0.1, 0.15) is 11.6 Å². The molecule has 0 saturated carbocycles. The van der Waals surface area contributed by atoms with Crippen LogP contribution in [-0.2, 0) is 6.54 Å². The minimum Gasteiger partial charge on any atom is -0.363 e. The van der Waals surface area contributed by atoms with Gasteiger partial charge in [0.25, 0.3) is 0 Å². The van der Waals surface area contributed by atoms with Crippen LogP contribution in [0.3, 0.4) is 0 Å². The predicted octanol–water partition coefficient (Wildman–Crippen LogP) is 1.97. The van der Waals surface area contributed by atoms with Crippen molar-refractivity contribution >= 4 is 5.82 Å².